The van der Waals surface area contributed by atoms with Gasteiger partial charge >= 0.3 is 0 Å². The Hall–Kier alpha value is -2.66. The molecular formula is C19H16BrN3O. The fourth-order valence-corrected chi connectivity index (χ4v) is 2.46. The zero-order valence-electron chi connectivity index (χ0n) is 13.1. The minimum atomic E-state index is -0.186. The lowest BCUT2D eigenvalue weighted by Gasteiger charge is -2.10. The molecule has 3 aromatic rings. The number of nitrogens with zero attached hydrogens (tertiary/aromatic N) is 1. The summed E-state index contributed by atoms with van der Waals surface area (Å²) in [6, 6.07) is 18.9. The summed E-state index contributed by atoms with van der Waals surface area (Å²) >= 11 is 3.35. The second-order valence-corrected chi connectivity index (χ2v) is 6.25. The van der Waals surface area contributed by atoms with Crippen molar-refractivity contribution in [3.05, 3.63) is 82.5 Å². The third-order valence-electron chi connectivity index (χ3n) is 3.54. The van der Waals surface area contributed by atoms with Crippen LogP contribution >= 0.6 is 15.9 Å². The van der Waals surface area contributed by atoms with Crippen LogP contribution in [0.1, 0.15) is 15.9 Å². The monoisotopic (exact) mass is 381 g/mol. The molecule has 5 heteroatoms. The maximum absolute atomic E-state index is 12.2. The highest BCUT2D eigenvalue weighted by Crippen LogP contribution is 2.20. The molecule has 2 aromatic carbocycles. The average molecular weight is 382 g/mol. The van der Waals surface area contributed by atoms with E-state index >= 15 is 0 Å². The van der Waals surface area contributed by atoms with E-state index < -0.39 is 0 Å². The normalized spacial score (nSPS) is 10.2. The predicted molar refractivity (Wildman–Crippen MR) is 101 cm³/mol. The Morgan fingerprint density at radius 3 is 2.42 bits per heavy atom. The van der Waals surface area contributed by atoms with Gasteiger partial charge in [0, 0.05) is 15.7 Å². The van der Waals surface area contributed by atoms with Crippen LogP contribution < -0.4 is 10.6 Å². The van der Waals surface area contributed by atoms with Crippen molar-refractivity contribution >= 4 is 39.0 Å². The van der Waals surface area contributed by atoms with Crippen molar-refractivity contribution in [1.82, 2.24) is 4.98 Å². The van der Waals surface area contributed by atoms with E-state index in [0.717, 1.165) is 21.4 Å². The van der Waals surface area contributed by atoms with Gasteiger partial charge in [-0.25, -0.2) is 4.98 Å². The van der Waals surface area contributed by atoms with Gasteiger partial charge in [0.2, 0.25) is 0 Å². The summed E-state index contributed by atoms with van der Waals surface area (Å²) in [7, 11) is 0. The van der Waals surface area contributed by atoms with E-state index in [2.05, 4.69) is 31.5 Å². The Balaban J connectivity index is 1.67. The van der Waals surface area contributed by atoms with E-state index in [1.165, 1.54) is 0 Å². The first-order valence-electron chi connectivity index (χ1n) is 7.47. The standard InChI is InChI=1S/C19H16BrN3O/c1-13-4-2-3-5-17(13)22-16-10-11-18(21-12-16)23-19(24)14-6-8-15(20)9-7-14/h2-12,22H,1H3,(H,21,23,24). The number of carbonyl (C=O) groups is 1. The molecule has 1 aromatic heterocycles. The predicted octanol–water partition coefficient (Wildman–Crippen LogP) is 5.15. The van der Waals surface area contributed by atoms with Crippen LogP contribution in [0.2, 0.25) is 0 Å². The number of aryl methyl sites for hydroxylation is 1. The van der Waals surface area contributed by atoms with Gasteiger partial charge in [0.05, 0.1) is 11.9 Å². The molecular weight excluding hydrogens is 366 g/mol. The first-order valence-corrected chi connectivity index (χ1v) is 8.27. The molecule has 0 saturated carbocycles. The Morgan fingerprint density at radius 1 is 1.00 bits per heavy atom. The molecule has 0 saturated heterocycles. The maximum Gasteiger partial charge on any atom is 0.256 e. The second kappa shape index (κ2) is 7.27. The van der Waals surface area contributed by atoms with Crippen LogP contribution in [-0.2, 0) is 0 Å². The van der Waals surface area contributed by atoms with Crippen molar-refractivity contribution in [2.45, 2.75) is 6.92 Å². The number of aromatic nitrogens is 1. The fourth-order valence-electron chi connectivity index (χ4n) is 2.20. The zero-order valence-corrected chi connectivity index (χ0v) is 14.7. The number of rotatable bonds is 4. The summed E-state index contributed by atoms with van der Waals surface area (Å²) in [6.07, 6.45) is 1.70. The Kier molecular flexibility index (Phi) is 4.91. The van der Waals surface area contributed by atoms with Crippen molar-refractivity contribution in [2.75, 3.05) is 10.6 Å². The molecule has 0 fully saturated rings. The molecule has 3 rings (SSSR count). The summed E-state index contributed by atoms with van der Waals surface area (Å²) in [4.78, 5) is 16.4. The second-order valence-electron chi connectivity index (χ2n) is 5.33. The fraction of sp³-hybridized carbons (Fsp3) is 0.0526. The van der Waals surface area contributed by atoms with Gasteiger partial charge < -0.3 is 10.6 Å². The third kappa shape index (κ3) is 4.00. The van der Waals surface area contributed by atoms with Gasteiger partial charge in [-0.05, 0) is 55.0 Å². The van der Waals surface area contributed by atoms with Gasteiger partial charge in [0.25, 0.3) is 5.91 Å². The van der Waals surface area contributed by atoms with Crippen LogP contribution in [-0.4, -0.2) is 10.9 Å². The van der Waals surface area contributed by atoms with Crippen molar-refractivity contribution in [3.63, 3.8) is 0 Å². The van der Waals surface area contributed by atoms with Crippen LogP contribution in [0.5, 0.6) is 0 Å². The molecule has 0 spiro atoms. The Labute approximate surface area is 149 Å². The molecule has 120 valence electrons. The van der Waals surface area contributed by atoms with Gasteiger partial charge in [0.1, 0.15) is 5.82 Å². The molecule has 0 bridgehead atoms. The van der Waals surface area contributed by atoms with E-state index in [1.54, 1.807) is 24.4 Å². The third-order valence-corrected chi connectivity index (χ3v) is 4.06. The number of benzene rings is 2. The van der Waals surface area contributed by atoms with Gasteiger partial charge in [-0.1, -0.05) is 34.1 Å². The first-order chi connectivity index (χ1) is 11.6. The van der Waals surface area contributed by atoms with E-state index in [4.69, 9.17) is 0 Å². The lowest BCUT2D eigenvalue weighted by atomic mass is 10.2. The largest absolute Gasteiger partial charge is 0.354 e. The molecule has 0 aliphatic heterocycles. The lowest BCUT2D eigenvalue weighted by molar-refractivity contribution is 0.102. The van der Waals surface area contributed by atoms with Crippen LogP contribution in [0.15, 0.2) is 71.3 Å². The minimum absolute atomic E-state index is 0.186. The van der Waals surface area contributed by atoms with Gasteiger partial charge in [-0.3, -0.25) is 4.79 Å². The number of amides is 1. The Bertz CT molecular complexity index is 845. The van der Waals surface area contributed by atoms with E-state index in [9.17, 15) is 4.79 Å². The summed E-state index contributed by atoms with van der Waals surface area (Å²) in [6.45, 7) is 2.04. The summed E-state index contributed by atoms with van der Waals surface area (Å²) in [5, 5.41) is 6.10. The molecule has 0 unspecified atom stereocenters. The maximum atomic E-state index is 12.2. The highest BCUT2D eigenvalue weighted by molar-refractivity contribution is 9.10. The summed E-state index contributed by atoms with van der Waals surface area (Å²) < 4.78 is 0.934. The number of halogens is 1. The lowest BCUT2D eigenvalue weighted by Crippen LogP contribution is -2.12. The minimum Gasteiger partial charge on any atom is -0.354 e. The molecule has 24 heavy (non-hydrogen) atoms. The van der Waals surface area contributed by atoms with E-state index in [-0.39, 0.29) is 5.91 Å². The molecule has 1 amide bonds. The number of nitrogens with one attached hydrogen (secondary N) is 2. The summed E-state index contributed by atoms with van der Waals surface area (Å²) in [5.41, 5.74) is 3.64. The Morgan fingerprint density at radius 2 is 1.75 bits per heavy atom. The molecule has 0 radical (unpaired) electrons. The number of anilines is 3. The van der Waals surface area contributed by atoms with Gasteiger partial charge in [-0.15, -0.1) is 0 Å². The molecule has 2 N–H and O–H groups in total. The number of pyridine rings is 1. The van der Waals surface area contributed by atoms with E-state index in [1.807, 2.05) is 49.4 Å². The quantitative estimate of drug-likeness (QED) is 0.656. The topological polar surface area (TPSA) is 54.0 Å². The highest BCUT2D eigenvalue weighted by Gasteiger charge is 2.07. The zero-order chi connectivity index (χ0) is 16.9. The van der Waals surface area contributed by atoms with Crippen molar-refractivity contribution in [2.24, 2.45) is 0 Å². The average Bonchev–Trinajstić information content (AvgIpc) is 2.59. The molecule has 0 atom stereocenters. The number of hydrogen-bond acceptors (Lipinski definition) is 3. The van der Waals surface area contributed by atoms with E-state index in [0.29, 0.717) is 11.4 Å². The van der Waals surface area contributed by atoms with Crippen molar-refractivity contribution in [1.29, 1.82) is 0 Å². The number of hydrogen-bond donors (Lipinski definition) is 2. The van der Waals surface area contributed by atoms with Crippen LogP contribution in [0, 0.1) is 6.92 Å². The molecule has 0 aliphatic rings. The highest BCUT2D eigenvalue weighted by atomic mass is 79.9. The molecule has 4 nitrogen and oxygen atoms in total. The van der Waals surface area contributed by atoms with Crippen LogP contribution in [0.3, 0.4) is 0 Å². The number of para-hydroxylation sites is 1. The van der Waals surface area contributed by atoms with Crippen molar-refractivity contribution in [3.8, 4) is 0 Å². The SMILES string of the molecule is Cc1ccccc1Nc1ccc(NC(=O)c2ccc(Br)cc2)nc1. The summed E-state index contributed by atoms with van der Waals surface area (Å²) in [5.74, 6) is 0.327. The van der Waals surface area contributed by atoms with Gasteiger partial charge in [-0.2, -0.15) is 0 Å². The van der Waals surface area contributed by atoms with Crippen LogP contribution in [0.4, 0.5) is 17.2 Å². The molecule has 0 aliphatic carbocycles. The first kappa shape index (κ1) is 16.2. The molecule has 1 heterocycles. The number of carbonyl (C=O) groups excluding carboxylic acids is 1. The van der Waals surface area contributed by atoms with Crippen molar-refractivity contribution < 1.29 is 4.79 Å². The smallest absolute Gasteiger partial charge is 0.256 e. The van der Waals surface area contributed by atoms with Gasteiger partial charge in [0.15, 0.2) is 0 Å². The van der Waals surface area contributed by atoms with Crippen LogP contribution in [0.25, 0.3) is 0 Å².